The first-order valence-electron chi connectivity index (χ1n) is 5.77. The van der Waals surface area contributed by atoms with Crippen molar-refractivity contribution >= 4 is 11.5 Å². The molecular weight excluding hydrogens is 254 g/mol. The van der Waals surface area contributed by atoms with Gasteiger partial charge >= 0.3 is 0 Å². The Hall–Kier alpha value is -1.99. The second-order valence-corrected chi connectivity index (χ2v) is 4.19. The maximum Gasteiger partial charge on any atom is 0.269 e. The summed E-state index contributed by atoms with van der Waals surface area (Å²) in [5.74, 6) is 0.333. The van der Waals surface area contributed by atoms with E-state index < -0.39 is 17.3 Å². The molecule has 1 N–H and O–H groups in total. The fourth-order valence-electron chi connectivity index (χ4n) is 1.81. The predicted octanol–water partition coefficient (Wildman–Crippen LogP) is 1.04. The lowest BCUT2D eigenvalue weighted by molar-refractivity contribution is -0.384. The molecule has 0 spiro atoms. The van der Waals surface area contributed by atoms with Gasteiger partial charge < -0.3 is 14.6 Å². The smallest absolute Gasteiger partial charge is 0.269 e. The van der Waals surface area contributed by atoms with Crippen molar-refractivity contribution in [3.8, 4) is 5.75 Å². The molecule has 7 heteroatoms. The van der Waals surface area contributed by atoms with Crippen molar-refractivity contribution in [2.75, 3.05) is 6.61 Å². The molecule has 19 heavy (non-hydrogen) atoms. The summed E-state index contributed by atoms with van der Waals surface area (Å²) < 4.78 is 10.8. The van der Waals surface area contributed by atoms with Crippen molar-refractivity contribution in [2.45, 2.75) is 25.2 Å². The van der Waals surface area contributed by atoms with Crippen molar-refractivity contribution < 1.29 is 24.3 Å². The van der Waals surface area contributed by atoms with Crippen LogP contribution >= 0.6 is 0 Å². The number of aliphatic hydroxyl groups is 1. The van der Waals surface area contributed by atoms with E-state index in [2.05, 4.69) is 0 Å². The number of carbonyl (C=O) groups is 1. The highest BCUT2D eigenvalue weighted by molar-refractivity contribution is 5.79. The molecule has 0 aliphatic carbocycles. The van der Waals surface area contributed by atoms with Gasteiger partial charge in [0.15, 0.2) is 0 Å². The fourth-order valence-corrected chi connectivity index (χ4v) is 1.81. The van der Waals surface area contributed by atoms with E-state index in [1.807, 2.05) is 0 Å². The molecule has 2 unspecified atom stereocenters. The van der Waals surface area contributed by atoms with Crippen molar-refractivity contribution in [3.63, 3.8) is 0 Å². The van der Waals surface area contributed by atoms with E-state index in [1.165, 1.54) is 24.3 Å². The van der Waals surface area contributed by atoms with Gasteiger partial charge in [0, 0.05) is 18.6 Å². The number of ether oxygens (including phenoxy) is 2. The largest absolute Gasteiger partial charge is 0.464 e. The molecule has 2 atom stereocenters. The standard InChI is InChI=1S/C12H13NO6/c14-7-11-5-9(15)6-12(19-11)18-10-3-1-8(2-4-10)13(16)17/h1-4,11-12,14H,5-7H2. The summed E-state index contributed by atoms with van der Waals surface area (Å²) in [6.45, 7) is -0.244. The number of rotatable bonds is 4. The number of carbonyl (C=O) groups excluding carboxylic acids is 1. The summed E-state index contributed by atoms with van der Waals surface area (Å²) >= 11 is 0. The number of non-ortho nitro benzene ring substituents is 1. The second-order valence-electron chi connectivity index (χ2n) is 4.19. The first kappa shape index (κ1) is 13.4. The molecule has 0 amide bonds. The van der Waals surface area contributed by atoms with Gasteiger partial charge in [-0.3, -0.25) is 14.9 Å². The quantitative estimate of drug-likeness (QED) is 0.646. The molecule has 0 saturated carbocycles. The van der Waals surface area contributed by atoms with Crippen LogP contribution in [0.5, 0.6) is 5.75 Å². The van der Waals surface area contributed by atoms with Gasteiger partial charge in [-0.05, 0) is 12.1 Å². The monoisotopic (exact) mass is 267 g/mol. The number of aliphatic hydroxyl groups excluding tert-OH is 1. The Morgan fingerprint density at radius 2 is 2.05 bits per heavy atom. The Bertz CT molecular complexity index is 472. The van der Waals surface area contributed by atoms with Gasteiger partial charge in [-0.15, -0.1) is 0 Å². The molecule has 0 radical (unpaired) electrons. The van der Waals surface area contributed by atoms with E-state index in [0.29, 0.717) is 5.75 Å². The van der Waals surface area contributed by atoms with Crippen LogP contribution in [0.25, 0.3) is 0 Å². The number of Topliss-reactive ketones (excluding diaryl/α,β-unsaturated/α-hetero) is 1. The minimum atomic E-state index is -0.764. The Labute approximate surface area is 108 Å². The number of benzene rings is 1. The summed E-state index contributed by atoms with van der Waals surface area (Å²) in [5.41, 5.74) is -0.0405. The van der Waals surface area contributed by atoms with E-state index in [9.17, 15) is 14.9 Å². The SMILES string of the molecule is O=C1CC(CO)OC(Oc2ccc([N+](=O)[O-])cc2)C1. The average molecular weight is 267 g/mol. The molecular formula is C12H13NO6. The van der Waals surface area contributed by atoms with Crippen LogP contribution in [0.4, 0.5) is 5.69 Å². The van der Waals surface area contributed by atoms with Crippen molar-refractivity contribution in [1.29, 1.82) is 0 Å². The highest BCUT2D eigenvalue weighted by atomic mass is 16.7. The van der Waals surface area contributed by atoms with Crippen LogP contribution in [0, 0.1) is 10.1 Å². The number of nitro groups is 1. The zero-order valence-corrected chi connectivity index (χ0v) is 10.0. The number of nitrogens with zero attached hydrogens (tertiary/aromatic N) is 1. The van der Waals surface area contributed by atoms with E-state index in [-0.39, 0.29) is 30.9 Å². The minimum Gasteiger partial charge on any atom is -0.464 e. The van der Waals surface area contributed by atoms with Crippen LogP contribution in [0.1, 0.15) is 12.8 Å². The third-order valence-electron chi connectivity index (χ3n) is 2.71. The molecule has 1 heterocycles. The highest BCUT2D eigenvalue weighted by Gasteiger charge is 2.28. The van der Waals surface area contributed by atoms with Gasteiger partial charge in [-0.25, -0.2) is 0 Å². The van der Waals surface area contributed by atoms with Gasteiger partial charge in [0.2, 0.25) is 6.29 Å². The number of ketones is 1. The Kier molecular flexibility index (Phi) is 4.08. The summed E-state index contributed by atoms with van der Waals surface area (Å²) in [5, 5.41) is 19.5. The zero-order valence-electron chi connectivity index (χ0n) is 10.0. The molecule has 0 bridgehead atoms. The Morgan fingerprint density at radius 1 is 1.37 bits per heavy atom. The van der Waals surface area contributed by atoms with E-state index in [4.69, 9.17) is 14.6 Å². The molecule has 1 aromatic carbocycles. The van der Waals surface area contributed by atoms with Crippen LogP contribution in [0.3, 0.4) is 0 Å². The summed E-state index contributed by atoms with van der Waals surface area (Å²) in [6, 6.07) is 5.50. The molecule has 102 valence electrons. The summed E-state index contributed by atoms with van der Waals surface area (Å²) in [4.78, 5) is 21.4. The van der Waals surface area contributed by atoms with E-state index >= 15 is 0 Å². The average Bonchev–Trinajstić information content (AvgIpc) is 2.38. The predicted molar refractivity (Wildman–Crippen MR) is 63.7 cm³/mol. The van der Waals surface area contributed by atoms with Crippen LogP contribution in [-0.2, 0) is 9.53 Å². The van der Waals surface area contributed by atoms with Gasteiger partial charge in [-0.1, -0.05) is 0 Å². The number of nitro benzene ring substituents is 1. The zero-order chi connectivity index (χ0) is 13.8. The topological polar surface area (TPSA) is 98.9 Å². The van der Waals surface area contributed by atoms with Crippen molar-refractivity contribution in [1.82, 2.24) is 0 Å². The maximum atomic E-state index is 11.4. The minimum absolute atomic E-state index is 0.0405. The third kappa shape index (κ3) is 3.49. The summed E-state index contributed by atoms with van der Waals surface area (Å²) in [7, 11) is 0. The van der Waals surface area contributed by atoms with Crippen LogP contribution in [-0.4, -0.2) is 34.8 Å². The lowest BCUT2D eigenvalue weighted by Gasteiger charge is -2.28. The Morgan fingerprint density at radius 3 is 2.63 bits per heavy atom. The molecule has 1 aliphatic rings. The van der Waals surface area contributed by atoms with Crippen molar-refractivity contribution in [3.05, 3.63) is 34.4 Å². The molecule has 7 nitrogen and oxygen atoms in total. The van der Waals surface area contributed by atoms with Crippen LogP contribution in [0.2, 0.25) is 0 Å². The highest BCUT2D eigenvalue weighted by Crippen LogP contribution is 2.22. The second kappa shape index (κ2) is 5.77. The molecule has 1 fully saturated rings. The molecule has 1 aliphatic heterocycles. The number of hydrogen-bond donors (Lipinski definition) is 1. The molecule has 1 aromatic rings. The Balaban J connectivity index is 2.00. The van der Waals surface area contributed by atoms with Gasteiger partial charge in [0.05, 0.1) is 24.1 Å². The van der Waals surface area contributed by atoms with Gasteiger partial charge in [0.25, 0.3) is 5.69 Å². The fraction of sp³-hybridized carbons (Fsp3) is 0.417. The van der Waals surface area contributed by atoms with Crippen LogP contribution < -0.4 is 4.74 Å². The molecule has 1 saturated heterocycles. The molecule has 0 aromatic heterocycles. The van der Waals surface area contributed by atoms with Crippen LogP contribution in [0.15, 0.2) is 24.3 Å². The lowest BCUT2D eigenvalue weighted by atomic mass is 10.1. The van der Waals surface area contributed by atoms with Gasteiger partial charge in [-0.2, -0.15) is 0 Å². The first-order chi connectivity index (χ1) is 9.08. The lowest BCUT2D eigenvalue weighted by Crippen LogP contribution is -2.38. The maximum absolute atomic E-state index is 11.4. The van der Waals surface area contributed by atoms with E-state index in [0.717, 1.165) is 0 Å². The summed E-state index contributed by atoms with van der Waals surface area (Å²) in [6.07, 6.45) is -1.03. The first-order valence-corrected chi connectivity index (χ1v) is 5.77. The third-order valence-corrected chi connectivity index (χ3v) is 2.71. The normalized spacial score (nSPS) is 23.1. The number of hydrogen-bond acceptors (Lipinski definition) is 6. The van der Waals surface area contributed by atoms with E-state index in [1.54, 1.807) is 0 Å². The van der Waals surface area contributed by atoms with Gasteiger partial charge in [0.1, 0.15) is 11.5 Å². The van der Waals surface area contributed by atoms with Crippen molar-refractivity contribution in [2.24, 2.45) is 0 Å². The molecule has 2 rings (SSSR count).